The lowest BCUT2D eigenvalue weighted by atomic mass is 9.86. The zero-order chi connectivity index (χ0) is 13.1. The number of aryl methyl sites for hydroxylation is 1. The lowest BCUT2D eigenvalue weighted by Gasteiger charge is -2.23. The first-order chi connectivity index (χ1) is 7.84. The van der Waals surface area contributed by atoms with E-state index in [2.05, 4.69) is 32.9 Å². The van der Waals surface area contributed by atoms with Gasteiger partial charge in [-0.1, -0.05) is 32.9 Å². The van der Waals surface area contributed by atoms with E-state index in [-0.39, 0.29) is 18.6 Å². The Kier molecular flexibility index (Phi) is 4.54. The molecule has 17 heavy (non-hydrogen) atoms. The van der Waals surface area contributed by atoms with Crippen molar-refractivity contribution in [2.75, 3.05) is 13.2 Å². The normalized spacial score (nSPS) is 13.5. The molecule has 0 aromatic heterocycles. The van der Waals surface area contributed by atoms with Gasteiger partial charge in [-0.05, 0) is 29.5 Å². The van der Waals surface area contributed by atoms with Crippen molar-refractivity contribution in [3.8, 4) is 5.75 Å². The van der Waals surface area contributed by atoms with E-state index in [1.54, 1.807) is 0 Å². The summed E-state index contributed by atoms with van der Waals surface area (Å²) in [5.41, 5.74) is 2.22. The van der Waals surface area contributed by atoms with Crippen LogP contribution >= 0.6 is 0 Å². The van der Waals surface area contributed by atoms with Crippen molar-refractivity contribution in [1.29, 1.82) is 0 Å². The summed E-state index contributed by atoms with van der Waals surface area (Å²) in [6, 6.07) is 6.07. The monoisotopic (exact) mass is 238 g/mol. The fourth-order valence-corrected chi connectivity index (χ4v) is 1.61. The zero-order valence-electron chi connectivity index (χ0n) is 11.0. The highest BCUT2D eigenvalue weighted by atomic mass is 16.5. The molecule has 1 atom stereocenters. The first-order valence-electron chi connectivity index (χ1n) is 5.87. The molecule has 0 aliphatic rings. The molecule has 1 unspecified atom stereocenters. The van der Waals surface area contributed by atoms with E-state index in [1.165, 1.54) is 0 Å². The van der Waals surface area contributed by atoms with Gasteiger partial charge >= 0.3 is 0 Å². The number of ether oxygens (including phenoxy) is 1. The van der Waals surface area contributed by atoms with Crippen LogP contribution in [0.4, 0.5) is 0 Å². The van der Waals surface area contributed by atoms with Crippen LogP contribution in [0.2, 0.25) is 0 Å². The molecule has 0 radical (unpaired) electrons. The molecular weight excluding hydrogens is 216 g/mol. The average molecular weight is 238 g/mol. The van der Waals surface area contributed by atoms with Crippen molar-refractivity contribution in [2.45, 2.75) is 39.2 Å². The Balaban J connectivity index is 2.92. The lowest BCUT2D eigenvalue weighted by molar-refractivity contribution is 0.0530. The first-order valence-corrected chi connectivity index (χ1v) is 5.87. The smallest absolute Gasteiger partial charge is 0.123 e. The number of aliphatic hydroxyl groups excluding tert-OH is 2. The minimum absolute atomic E-state index is 0.00675. The van der Waals surface area contributed by atoms with E-state index in [0.29, 0.717) is 0 Å². The minimum atomic E-state index is -0.830. The molecule has 0 saturated heterocycles. The third kappa shape index (κ3) is 4.02. The van der Waals surface area contributed by atoms with Gasteiger partial charge in [-0.15, -0.1) is 0 Å². The van der Waals surface area contributed by atoms with Crippen LogP contribution in [0, 0.1) is 6.92 Å². The summed E-state index contributed by atoms with van der Waals surface area (Å²) in [7, 11) is 0. The van der Waals surface area contributed by atoms with Crippen LogP contribution in [0.25, 0.3) is 0 Å². The van der Waals surface area contributed by atoms with Crippen LogP contribution in [0.15, 0.2) is 18.2 Å². The summed E-state index contributed by atoms with van der Waals surface area (Å²) >= 11 is 0. The Bertz CT molecular complexity index is 366. The van der Waals surface area contributed by atoms with Gasteiger partial charge in [0.1, 0.15) is 18.5 Å². The number of hydrogen-bond donors (Lipinski definition) is 2. The van der Waals surface area contributed by atoms with Crippen molar-refractivity contribution < 1.29 is 14.9 Å². The van der Waals surface area contributed by atoms with Gasteiger partial charge in [0.25, 0.3) is 0 Å². The van der Waals surface area contributed by atoms with Crippen LogP contribution in [0.3, 0.4) is 0 Å². The second-order valence-corrected chi connectivity index (χ2v) is 5.40. The van der Waals surface area contributed by atoms with Gasteiger partial charge in [0, 0.05) is 0 Å². The summed E-state index contributed by atoms with van der Waals surface area (Å²) in [5, 5.41) is 18.1. The van der Waals surface area contributed by atoms with Gasteiger partial charge in [-0.2, -0.15) is 0 Å². The molecule has 1 rings (SSSR count). The third-order valence-corrected chi connectivity index (χ3v) is 2.59. The molecule has 0 amide bonds. The van der Waals surface area contributed by atoms with Gasteiger partial charge in [0.15, 0.2) is 0 Å². The van der Waals surface area contributed by atoms with Crippen LogP contribution in [-0.4, -0.2) is 29.5 Å². The molecule has 96 valence electrons. The van der Waals surface area contributed by atoms with Crippen molar-refractivity contribution in [1.82, 2.24) is 0 Å². The predicted octanol–water partition coefficient (Wildman–Crippen LogP) is 2.02. The van der Waals surface area contributed by atoms with E-state index in [0.717, 1.165) is 16.9 Å². The molecule has 0 aliphatic carbocycles. The summed E-state index contributed by atoms with van der Waals surface area (Å²) in [5.74, 6) is 0.782. The van der Waals surface area contributed by atoms with Crippen LogP contribution in [-0.2, 0) is 5.41 Å². The predicted molar refractivity (Wildman–Crippen MR) is 68.5 cm³/mol. The highest BCUT2D eigenvalue weighted by Crippen LogP contribution is 2.32. The SMILES string of the molecule is Cc1ccc(C(C)(C)C)c(OCC(O)CO)c1. The van der Waals surface area contributed by atoms with Crippen molar-refractivity contribution in [2.24, 2.45) is 0 Å². The van der Waals surface area contributed by atoms with Gasteiger partial charge in [0.2, 0.25) is 0 Å². The molecule has 0 saturated carbocycles. The summed E-state index contributed by atoms with van der Waals surface area (Å²) < 4.78 is 5.59. The van der Waals surface area contributed by atoms with Crippen molar-refractivity contribution in [3.63, 3.8) is 0 Å². The molecule has 0 heterocycles. The number of hydrogen-bond acceptors (Lipinski definition) is 3. The maximum Gasteiger partial charge on any atom is 0.123 e. The molecule has 1 aromatic rings. The quantitative estimate of drug-likeness (QED) is 0.843. The molecule has 2 N–H and O–H groups in total. The molecule has 0 bridgehead atoms. The maximum absolute atomic E-state index is 9.31. The van der Waals surface area contributed by atoms with Crippen LogP contribution in [0.5, 0.6) is 5.75 Å². The Labute approximate surface area is 103 Å². The molecule has 3 nitrogen and oxygen atoms in total. The highest BCUT2D eigenvalue weighted by molar-refractivity contribution is 5.41. The van der Waals surface area contributed by atoms with Gasteiger partial charge in [0.05, 0.1) is 6.61 Å². The summed E-state index contributed by atoms with van der Waals surface area (Å²) in [6.07, 6.45) is -0.830. The average Bonchev–Trinajstić information content (AvgIpc) is 2.24. The first kappa shape index (κ1) is 14.0. The van der Waals surface area contributed by atoms with Crippen molar-refractivity contribution >= 4 is 0 Å². The van der Waals surface area contributed by atoms with Crippen LogP contribution in [0.1, 0.15) is 31.9 Å². The third-order valence-electron chi connectivity index (χ3n) is 2.59. The molecular formula is C14H22O3. The second-order valence-electron chi connectivity index (χ2n) is 5.40. The van der Waals surface area contributed by atoms with E-state index in [4.69, 9.17) is 9.84 Å². The largest absolute Gasteiger partial charge is 0.490 e. The van der Waals surface area contributed by atoms with Crippen LogP contribution < -0.4 is 4.74 Å². The Morgan fingerprint density at radius 1 is 1.29 bits per heavy atom. The Hall–Kier alpha value is -1.06. The van der Waals surface area contributed by atoms with E-state index in [9.17, 15) is 5.11 Å². The Morgan fingerprint density at radius 2 is 1.94 bits per heavy atom. The topological polar surface area (TPSA) is 49.7 Å². The standard InChI is InChI=1S/C14H22O3/c1-10-5-6-12(14(2,3)4)13(7-10)17-9-11(16)8-15/h5-7,11,15-16H,8-9H2,1-4H3. The van der Waals surface area contributed by atoms with Gasteiger partial charge in [-0.25, -0.2) is 0 Å². The molecule has 0 spiro atoms. The zero-order valence-corrected chi connectivity index (χ0v) is 11.0. The van der Waals surface area contributed by atoms with E-state index < -0.39 is 6.10 Å². The van der Waals surface area contributed by atoms with E-state index >= 15 is 0 Å². The molecule has 0 aliphatic heterocycles. The summed E-state index contributed by atoms with van der Waals surface area (Å²) in [6.45, 7) is 8.19. The fourth-order valence-electron chi connectivity index (χ4n) is 1.61. The maximum atomic E-state index is 9.31. The molecule has 3 heteroatoms. The number of rotatable bonds is 4. The van der Waals surface area contributed by atoms with Gasteiger partial charge in [-0.3, -0.25) is 0 Å². The minimum Gasteiger partial charge on any atom is -0.490 e. The van der Waals surface area contributed by atoms with E-state index in [1.807, 2.05) is 13.0 Å². The van der Waals surface area contributed by atoms with Gasteiger partial charge < -0.3 is 14.9 Å². The number of aliphatic hydroxyl groups is 2. The second kappa shape index (κ2) is 5.52. The lowest BCUT2D eigenvalue weighted by Crippen LogP contribution is -2.23. The highest BCUT2D eigenvalue weighted by Gasteiger charge is 2.19. The van der Waals surface area contributed by atoms with Crippen molar-refractivity contribution in [3.05, 3.63) is 29.3 Å². The Morgan fingerprint density at radius 3 is 2.47 bits per heavy atom. The molecule has 1 aromatic carbocycles. The summed E-state index contributed by atoms with van der Waals surface area (Å²) in [4.78, 5) is 0. The number of benzene rings is 1. The molecule has 0 fully saturated rings. The fraction of sp³-hybridized carbons (Fsp3) is 0.571.